The zero-order valence-electron chi connectivity index (χ0n) is 7.68. The van der Waals surface area contributed by atoms with Crippen molar-refractivity contribution in [3.8, 4) is 0 Å². The fourth-order valence-electron chi connectivity index (χ4n) is 1.07. The predicted molar refractivity (Wildman–Crippen MR) is 54.7 cm³/mol. The zero-order chi connectivity index (χ0) is 10.7. The highest BCUT2D eigenvalue weighted by atomic mass is 32.2. The molecule has 0 saturated carbocycles. The van der Waals surface area contributed by atoms with Crippen molar-refractivity contribution in [2.45, 2.75) is 10.6 Å². The minimum Gasteiger partial charge on any atom is -0.399 e. The van der Waals surface area contributed by atoms with Crippen molar-refractivity contribution in [2.24, 2.45) is 0 Å². The van der Waals surface area contributed by atoms with Gasteiger partial charge < -0.3 is 10.3 Å². The van der Waals surface area contributed by atoms with E-state index in [1.165, 1.54) is 30.2 Å². The van der Waals surface area contributed by atoms with Crippen LogP contribution in [0.3, 0.4) is 0 Å². The predicted octanol–water partition coefficient (Wildman–Crippen LogP) is 2.08. The van der Waals surface area contributed by atoms with Gasteiger partial charge in [0.25, 0.3) is 0 Å². The molecule has 0 bridgehead atoms. The van der Waals surface area contributed by atoms with Gasteiger partial charge in [-0.1, -0.05) is 5.16 Å². The molecule has 6 heteroatoms. The topological polar surface area (TPSA) is 64.9 Å². The summed E-state index contributed by atoms with van der Waals surface area (Å²) in [5, 5.41) is 3.47. The summed E-state index contributed by atoms with van der Waals surface area (Å²) in [5.41, 5.74) is 5.91. The molecule has 4 nitrogen and oxygen atoms in total. The molecule has 1 aromatic carbocycles. The number of hydrogen-bond acceptors (Lipinski definition) is 5. The Bertz CT molecular complexity index is 426. The summed E-state index contributed by atoms with van der Waals surface area (Å²) in [6.45, 7) is 0. The van der Waals surface area contributed by atoms with E-state index in [2.05, 4.69) is 10.1 Å². The Labute approximate surface area is 89.7 Å². The second-order valence-corrected chi connectivity index (χ2v) is 3.89. The van der Waals surface area contributed by atoms with Gasteiger partial charge in [-0.15, -0.1) is 11.8 Å². The molecule has 2 aromatic rings. The standard InChI is InChI=1S/C9H8FN3OS/c10-6-1-7(11)3-8(2-6)15-4-9-12-5-13-14-9/h1-3,5H,4,11H2. The molecule has 0 spiro atoms. The van der Waals surface area contributed by atoms with Gasteiger partial charge in [0.05, 0.1) is 5.75 Å². The Hall–Kier alpha value is -1.56. The van der Waals surface area contributed by atoms with E-state index in [0.29, 0.717) is 17.3 Å². The average molecular weight is 225 g/mol. The van der Waals surface area contributed by atoms with Gasteiger partial charge in [-0.3, -0.25) is 0 Å². The minimum atomic E-state index is -0.344. The lowest BCUT2D eigenvalue weighted by Gasteiger charge is -2.00. The number of nitrogen functional groups attached to an aromatic ring is 1. The number of halogens is 1. The molecule has 1 aromatic heterocycles. The molecule has 0 atom stereocenters. The van der Waals surface area contributed by atoms with Crippen LogP contribution in [0.2, 0.25) is 0 Å². The number of thioether (sulfide) groups is 1. The molecule has 0 fully saturated rings. The van der Waals surface area contributed by atoms with Crippen molar-refractivity contribution < 1.29 is 8.91 Å². The number of hydrogen-bond donors (Lipinski definition) is 1. The van der Waals surface area contributed by atoms with Crippen molar-refractivity contribution in [2.75, 3.05) is 5.73 Å². The fourth-order valence-corrected chi connectivity index (χ4v) is 1.91. The van der Waals surface area contributed by atoms with E-state index < -0.39 is 0 Å². The van der Waals surface area contributed by atoms with Crippen molar-refractivity contribution >= 4 is 17.4 Å². The Morgan fingerprint density at radius 2 is 2.27 bits per heavy atom. The number of nitrogens with zero attached hydrogens (tertiary/aromatic N) is 2. The molecule has 1 heterocycles. The third kappa shape index (κ3) is 2.69. The van der Waals surface area contributed by atoms with Gasteiger partial charge in [0.2, 0.25) is 5.89 Å². The van der Waals surface area contributed by atoms with Crippen LogP contribution in [0.25, 0.3) is 0 Å². The lowest BCUT2D eigenvalue weighted by molar-refractivity contribution is 0.390. The SMILES string of the molecule is Nc1cc(F)cc(SCc2ncno2)c1. The average Bonchev–Trinajstić information content (AvgIpc) is 2.65. The van der Waals surface area contributed by atoms with Crippen LogP contribution in [0.4, 0.5) is 10.1 Å². The quantitative estimate of drug-likeness (QED) is 0.640. The van der Waals surface area contributed by atoms with Crippen molar-refractivity contribution in [1.82, 2.24) is 10.1 Å². The van der Waals surface area contributed by atoms with Crippen LogP contribution in [-0.4, -0.2) is 10.1 Å². The number of aromatic nitrogens is 2. The van der Waals surface area contributed by atoms with Crippen LogP contribution in [-0.2, 0) is 5.75 Å². The van der Waals surface area contributed by atoms with E-state index in [4.69, 9.17) is 10.3 Å². The molecule has 0 aliphatic carbocycles. The molecule has 0 amide bonds. The zero-order valence-corrected chi connectivity index (χ0v) is 8.50. The van der Waals surface area contributed by atoms with Gasteiger partial charge in [0.1, 0.15) is 5.82 Å². The van der Waals surface area contributed by atoms with E-state index in [1.807, 2.05) is 0 Å². The van der Waals surface area contributed by atoms with E-state index in [0.717, 1.165) is 4.90 Å². The van der Waals surface area contributed by atoms with Crippen molar-refractivity contribution in [3.05, 3.63) is 36.2 Å². The first-order valence-electron chi connectivity index (χ1n) is 4.18. The smallest absolute Gasteiger partial charge is 0.236 e. The van der Waals surface area contributed by atoms with Crippen molar-refractivity contribution in [3.63, 3.8) is 0 Å². The second kappa shape index (κ2) is 4.31. The molecule has 78 valence electrons. The Balaban J connectivity index is 2.05. The van der Waals surface area contributed by atoms with Gasteiger partial charge in [0, 0.05) is 10.6 Å². The minimum absolute atomic E-state index is 0.344. The number of benzene rings is 1. The van der Waals surface area contributed by atoms with Gasteiger partial charge in [-0.25, -0.2) is 4.39 Å². The first-order chi connectivity index (χ1) is 7.24. The van der Waals surface area contributed by atoms with Crippen LogP contribution in [0.1, 0.15) is 5.89 Å². The molecule has 2 N–H and O–H groups in total. The largest absolute Gasteiger partial charge is 0.399 e. The first-order valence-corrected chi connectivity index (χ1v) is 5.17. The van der Waals surface area contributed by atoms with Crippen LogP contribution in [0.15, 0.2) is 33.9 Å². The van der Waals surface area contributed by atoms with Gasteiger partial charge >= 0.3 is 0 Å². The van der Waals surface area contributed by atoms with Crippen LogP contribution in [0.5, 0.6) is 0 Å². The molecule has 2 rings (SSSR count). The second-order valence-electron chi connectivity index (χ2n) is 2.84. The molecule has 0 aliphatic rings. The third-order valence-corrected chi connectivity index (χ3v) is 2.62. The molecule has 0 aliphatic heterocycles. The summed E-state index contributed by atoms with van der Waals surface area (Å²) in [7, 11) is 0. The highest BCUT2D eigenvalue weighted by Crippen LogP contribution is 2.24. The third-order valence-electron chi connectivity index (χ3n) is 1.66. The summed E-state index contributed by atoms with van der Waals surface area (Å²) in [5.74, 6) is 0.661. The highest BCUT2D eigenvalue weighted by Gasteiger charge is 2.03. The summed E-state index contributed by atoms with van der Waals surface area (Å²) < 4.78 is 17.8. The number of anilines is 1. The van der Waals surface area contributed by atoms with Gasteiger partial charge in [0.15, 0.2) is 6.33 Å². The Morgan fingerprint density at radius 3 is 2.93 bits per heavy atom. The number of rotatable bonds is 3. The molecular weight excluding hydrogens is 217 g/mol. The maximum atomic E-state index is 12.9. The molecule has 0 radical (unpaired) electrons. The molecule has 0 saturated heterocycles. The summed E-state index contributed by atoms with van der Waals surface area (Å²) in [4.78, 5) is 4.59. The highest BCUT2D eigenvalue weighted by molar-refractivity contribution is 7.98. The first kappa shape index (κ1) is 9.97. The Morgan fingerprint density at radius 1 is 1.40 bits per heavy atom. The maximum Gasteiger partial charge on any atom is 0.236 e. The Kier molecular flexibility index (Phi) is 2.86. The molecular formula is C9H8FN3OS. The van der Waals surface area contributed by atoms with E-state index in [1.54, 1.807) is 6.07 Å². The lowest BCUT2D eigenvalue weighted by atomic mass is 10.3. The summed E-state index contributed by atoms with van der Waals surface area (Å²) in [6.07, 6.45) is 1.33. The van der Waals surface area contributed by atoms with Crippen LogP contribution >= 0.6 is 11.8 Å². The van der Waals surface area contributed by atoms with Crippen LogP contribution < -0.4 is 5.73 Å². The summed E-state index contributed by atoms with van der Waals surface area (Å²) >= 11 is 1.39. The normalized spacial score (nSPS) is 10.5. The maximum absolute atomic E-state index is 12.9. The van der Waals surface area contributed by atoms with Gasteiger partial charge in [-0.05, 0) is 18.2 Å². The lowest BCUT2D eigenvalue weighted by Crippen LogP contribution is -1.87. The van der Waals surface area contributed by atoms with Crippen LogP contribution in [0, 0.1) is 5.82 Å². The number of nitrogens with two attached hydrogens (primary N) is 1. The van der Waals surface area contributed by atoms with E-state index in [-0.39, 0.29) is 5.82 Å². The van der Waals surface area contributed by atoms with E-state index >= 15 is 0 Å². The summed E-state index contributed by atoms with van der Waals surface area (Å²) in [6, 6.07) is 4.39. The van der Waals surface area contributed by atoms with E-state index in [9.17, 15) is 4.39 Å². The molecule has 15 heavy (non-hydrogen) atoms. The monoisotopic (exact) mass is 225 g/mol. The fraction of sp³-hybridized carbons (Fsp3) is 0.111. The molecule has 0 unspecified atom stereocenters. The van der Waals surface area contributed by atoms with Crippen molar-refractivity contribution in [1.29, 1.82) is 0 Å². The van der Waals surface area contributed by atoms with Gasteiger partial charge in [-0.2, -0.15) is 4.98 Å².